The van der Waals surface area contributed by atoms with Crippen molar-refractivity contribution in [1.29, 1.82) is 0 Å². The van der Waals surface area contributed by atoms with E-state index in [1.807, 2.05) is 4.90 Å². The van der Waals surface area contributed by atoms with Crippen LogP contribution in [-0.4, -0.2) is 68.7 Å². The summed E-state index contributed by atoms with van der Waals surface area (Å²) in [5.41, 5.74) is 0. The van der Waals surface area contributed by atoms with Gasteiger partial charge in [-0.1, -0.05) is 23.2 Å². The first kappa shape index (κ1) is 21.3. The highest BCUT2D eigenvalue weighted by Crippen LogP contribution is 2.34. The molecule has 10 heteroatoms. The number of carbonyl (C=O) groups is 1. The molecule has 160 valence electrons. The number of likely N-dealkylation sites (tertiary alicyclic amines) is 1. The van der Waals surface area contributed by atoms with Gasteiger partial charge >= 0.3 is 0 Å². The molecule has 3 aliphatic heterocycles. The van der Waals surface area contributed by atoms with Crippen molar-refractivity contribution in [3.05, 3.63) is 28.2 Å². The van der Waals surface area contributed by atoms with E-state index < -0.39 is 15.8 Å². The maximum atomic E-state index is 12.9. The van der Waals surface area contributed by atoms with E-state index in [4.69, 9.17) is 32.7 Å². The van der Waals surface area contributed by atoms with Crippen LogP contribution in [0.2, 0.25) is 10.0 Å². The highest BCUT2D eigenvalue weighted by molar-refractivity contribution is 7.89. The molecule has 0 atom stereocenters. The number of ether oxygens (including phenoxy) is 2. The lowest BCUT2D eigenvalue weighted by molar-refractivity contribution is -0.188. The van der Waals surface area contributed by atoms with Crippen molar-refractivity contribution >= 4 is 39.1 Å². The number of hydrogen-bond donors (Lipinski definition) is 0. The summed E-state index contributed by atoms with van der Waals surface area (Å²) in [4.78, 5) is 14.8. The molecule has 0 aliphatic carbocycles. The highest BCUT2D eigenvalue weighted by Gasteiger charge is 2.42. The van der Waals surface area contributed by atoms with Crippen molar-refractivity contribution in [1.82, 2.24) is 9.21 Å². The van der Waals surface area contributed by atoms with Crippen LogP contribution in [-0.2, 0) is 24.3 Å². The van der Waals surface area contributed by atoms with Crippen LogP contribution in [0.5, 0.6) is 0 Å². The van der Waals surface area contributed by atoms with Gasteiger partial charge in [-0.2, -0.15) is 4.31 Å². The third-order valence-electron chi connectivity index (χ3n) is 5.96. The van der Waals surface area contributed by atoms with Gasteiger partial charge < -0.3 is 14.4 Å². The van der Waals surface area contributed by atoms with Gasteiger partial charge in [0.2, 0.25) is 15.9 Å². The van der Waals surface area contributed by atoms with Gasteiger partial charge in [0.05, 0.1) is 18.2 Å². The maximum absolute atomic E-state index is 12.9. The fourth-order valence-electron chi connectivity index (χ4n) is 4.27. The summed E-state index contributed by atoms with van der Waals surface area (Å²) >= 11 is 12.0. The number of nitrogens with zero attached hydrogens (tertiary/aromatic N) is 2. The highest BCUT2D eigenvalue weighted by atomic mass is 35.5. The maximum Gasteiger partial charge on any atom is 0.244 e. The van der Waals surface area contributed by atoms with Gasteiger partial charge in [0, 0.05) is 50.0 Å². The Balaban J connectivity index is 1.35. The molecule has 0 unspecified atom stereocenters. The number of sulfonamides is 1. The minimum absolute atomic E-state index is 0.00864. The smallest absolute Gasteiger partial charge is 0.244 e. The predicted octanol–water partition coefficient (Wildman–Crippen LogP) is 2.76. The summed E-state index contributed by atoms with van der Waals surface area (Å²) in [6.07, 6.45) is 2.34. The Labute approximate surface area is 180 Å². The van der Waals surface area contributed by atoms with Gasteiger partial charge in [-0.25, -0.2) is 8.42 Å². The number of hydrogen-bond acceptors (Lipinski definition) is 5. The first-order valence-electron chi connectivity index (χ1n) is 9.83. The summed E-state index contributed by atoms with van der Waals surface area (Å²) in [5, 5.41) is 0.460. The zero-order chi connectivity index (χ0) is 20.6. The number of benzene rings is 1. The number of carbonyl (C=O) groups excluding carboxylic acids is 1. The zero-order valence-corrected chi connectivity index (χ0v) is 18.3. The number of rotatable bonds is 3. The van der Waals surface area contributed by atoms with Crippen LogP contribution in [0, 0.1) is 5.92 Å². The Morgan fingerprint density at radius 2 is 1.66 bits per heavy atom. The average Bonchev–Trinajstić information content (AvgIpc) is 3.18. The second-order valence-electron chi connectivity index (χ2n) is 7.69. The molecule has 0 aromatic heterocycles. The number of amides is 1. The largest absolute Gasteiger partial charge is 0.347 e. The molecule has 1 spiro atoms. The summed E-state index contributed by atoms with van der Waals surface area (Å²) in [6.45, 7) is 3.00. The SMILES string of the molecule is O=C(C1CCN(S(=O)(=O)c2cc(Cl)ccc2Cl)CC1)N1CCC2(CC1)OCCO2. The van der Waals surface area contributed by atoms with E-state index in [1.54, 1.807) is 6.07 Å². The number of piperidine rings is 2. The molecule has 7 nitrogen and oxygen atoms in total. The minimum atomic E-state index is -3.75. The standard InChI is InChI=1S/C19H24Cl2N2O5S/c20-15-1-2-16(21)17(13-15)29(25,26)23-7-3-14(4-8-23)18(24)22-9-5-19(6-10-22)27-11-12-28-19/h1-2,13-14H,3-12H2. The lowest BCUT2D eigenvalue weighted by Gasteiger charge is -2.40. The Morgan fingerprint density at radius 3 is 2.28 bits per heavy atom. The Bertz CT molecular complexity index is 871. The van der Waals surface area contributed by atoms with E-state index in [0.29, 0.717) is 57.0 Å². The van der Waals surface area contributed by atoms with E-state index in [2.05, 4.69) is 0 Å². The molecular formula is C19H24Cl2N2O5S. The second kappa shape index (κ2) is 8.32. The Hall–Kier alpha value is -0.900. The quantitative estimate of drug-likeness (QED) is 0.689. The van der Waals surface area contributed by atoms with Crippen molar-refractivity contribution in [3.63, 3.8) is 0 Å². The number of halogens is 2. The van der Waals surface area contributed by atoms with Gasteiger partial charge in [-0.3, -0.25) is 4.79 Å². The van der Waals surface area contributed by atoms with Crippen LogP contribution in [0.4, 0.5) is 0 Å². The fraction of sp³-hybridized carbons (Fsp3) is 0.632. The third-order valence-corrected chi connectivity index (χ3v) is 8.58. The first-order chi connectivity index (χ1) is 13.8. The summed E-state index contributed by atoms with van der Waals surface area (Å²) in [5.74, 6) is -0.587. The summed E-state index contributed by atoms with van der Waals surface area (Å²) in [7, 11) is -3.75. The van der Waals surface area contributed by atoms with E-state index in [1.165, 1.54) is 16.4 Å². The van der Waals surface area contributed by atoms with E-state index in [9.17, 15) is 13.2 Å². The van der Waals surface area contributed by atoms with E-state index in [-0.39, 0.29) is 34.8 Å². The molecular weight excluding hydrogens is 439 g/mol. The second-order valence-corrected chi connectivity index (χ2v) is 10.4. The van der Waals surface area contributed by atoms with Crippen molar-refractivity contribution in [3.8, 4) is 0 Å². The zero-order valence-electron chi connectivity index (χ0n) is 16.0. The van der Waals surface area contributed by atoms with E-state index >= 15 is 0 Å². The summed E-state index contributed by atoms with van der Waals surface area (Å²) in [6, 6.07) is 4.40. The molecule has 3 fully saturated rings. The third kappa shape index (κ3) is 4.29. The minimum Gasteiger partial charge on any atom is -0.347 e. The van der Waals surface area contributed by atoms with Crippen LogP contribution in [0.1, 0.15) is 25.7 Å². The van der Waals surface area contributed by atoms with Gasteiger partial charge in [0.25, 0.3) is 0 Å². The monoisotopic (exact) mass is 462 g/mol. The van der Waals surface area contributed by atoms with Crippen LogP contribution in [0.3, 0.4) is 0 Å². The molecule has 1 aromatic rings. The molecule has 3 heterocycles. The van der Waals surface area contributed by atoms with Crippen molar-refractivity contribution < 1.29 is 22.7 Å². The van der Waals surface area contributed by atoms with Gasteiger partial charge in [0.15, 0.2) is 5.79 Å². The molecule has 1 amide bonds. The molecule has 1 aromatic carbocycles. The van der Waals surface area contributed by atoms with Gasteiger partial charge in [0.1, 0.15) is 4.90 Å². The van der Waals surface area contributed by atoms with Crippen molar-refractivity contribution in [2.24, 2.45) is 5.92 Å². The topological polar surface area (TPSA) is 76.2 Å². The molecule has 3 aliphatic rings. The predicted molar refractivity (Wildman–Crippen MR) is 108 cm³/mol. The van der Waals surface area contributed by atoms with Gasteiger partial charge in [-0.15, -0.1) is 0 Å². The molecule has 4 rings (SSSR count). The van der Waals surface area contributed by atoms with Crippen LogP contribution in [0.25, 0.3) is 0 Å². The molecule has 0 radical (unpaired) electrons. The van der Waals surface area contributed by atoms with Gasteiger partial charge in [-0.05, 0) is 31.0 Å². The molecule has 0 bridgehead atoms. The summed E-state index contributed by atoms with van der Waals surface area (Å²) < 4.78 is 38.7. The Morgan fingerprint density at radius 1 is 1.03 bits per heavy atom. The van der Waals surface area contributed by atoms with Crippen molar-refractivity contribution in [2.75, 3.05) is 39.4 Å². The average molecular weight is 463 g/mol. The molecule has 29 heavy (non-hydrogen) atoms. The molecule has 3 saturated heterocycles. The van der Waals surface area contributed by atoms with Crippen LogP contribution < -0.4 is 0 Å². The van der Waals surface area contributed by atoms with Crippen LogP contribution in [0.15, 0.2) is 23.1 Å². The van der Waals surface area contributed by atoms with Crippen molar-refractivity contribution in [2.45, 2.75) is 36.4 Å². The lowest BCUT2D eigenvalue weighted by atomic mass is 9.94. The fourth-order valence-corrected chi connectivity index (χ4v) is 6.48. The first-order valence-corrected chi connectivity index (χ1v) is 12.0. The molecule has 0 N–H and O–H groups in total. The lowest BCUT2D eigenvalue weighted by Crippen LogP contribution is -2.50. The van der Waals surface area contributed by atoms with Crippen LogP contribution >= 0.6 is 23.2 Å². The van der Waals surface area contributed by atoms with E-state index in [0.717, 1.165) is 0 Å². The Kier molecular flexibility index (Phi) is 6.12. The normalized spacial score (nSPS) is 23.6. The molecule has 0 saturated carbocycles.